The fourth-order valence-corrected chi connectivity index (χ4v) is 2.99. The van der Waals surface area contributed by atoms with Gasteiger partial charge in [-0.15, -0.1) is 0 Å². The van der Waals surface area contributed by atoms with Gasteiger partial charge in [-0.1, -0.05) is 11.6 Å². The second kappa shape index (κ2) is 8.98. The summed E-state index contributed by atoms with van der Waals surface area (Å²) in [5.74, 6) is 1.14. The van der Waals surface area contributed by atoms with E-state index in [4.69, 9.17) is 21.1 Å². The first-order valence-corrected chi connectivity index (χ1v) is 8.98. The third-order valence-corrected chi connectivity index (χ3v) is 4.58. The second-order valence-corrected chi connectivity index (χ2v) is 6.65. The van der Waals surface area contributed by atoms with Crippen LogP contribution in [0.1, 0.15) is 25.1 Å². The molecular formula is C18H22ClN5O3. The van der Waals surface area contributed by atoms with Gasteiger partial charge in [-0.2, -0.15) is 0 Å². The SMILES string of the molecule is COc1ccc(OCC2CC(C(=O)NC(C)c3ccncn3)NN2)c(Cl)c1. The molecule has 1 aliphatic rings. The number of hydrogen-bond acceptors (Lipinski definition) is 7. The maximum Gasteiger partial charge on any atom is 0.239 e. The summed E-state index contributed by atoms with van der Waals surface area (Å²) >= 11 is 6.17. The fourth-order valence-electron chi connectivity index (χ4n) is 2.76. The van der Waals surface area contributed by atoms with E-state index in [1.54, 1.807) is 37.6 Å². The number of carbonyl (C=O) groups excluding carboxylic acids is 1. The van der Waals surface area contributed by atoms with Gasteiger partial charge in [-0.25, -0.2) is 15.4 Å². The number of hydrogen-bond donors (Lipinski definition) is 3. The Morgan fingerprint density at radius 3 is 2.96 bits per heavy atom. The molecule has 3 atom stereocenters. The van der Waals surface area contributed by atoms with Gasteiger partial charge in [0.25, 0.3) is 0 Å². The summed E-state index contributed by atoms with van der Waals surface area (Å²) in [5.41, 5.74) is 6.85. The molecule has 0 bridgehead atoms. The number of benzene rings is 1. The standard InChI is InChI=1S/C18H22ClN5O3/c1-11(15-5-6-20-10-21-15)22-18(25)16-7-12(23-24-16)9-27-17-4-3-13(26-2)8-14(17)19/h3-6,8,10-12,16,23-24H,7,9H2,1-2H3,(H,22,25). The molecule has 2 heterocycles. The molecule has 3 unspecified atom stereocenters. The Hall–Kier alpha value is -2.42. The fraction of sp³-hybridized carbons (Fsp3) is 0.389. The average molecular weight is 392 g/mol. The normalized spacial score (nSPS) is 20.1. The van der Waals surface area contributed by atoms with Gasteiger partial charge in [0.05, 0.1) is 29.9 Å². The van der Waals surface area contributed by atoms with E-state index in [0.29, 0.717) is 29.5 Å². The van der Waals surface area contributed by atoms with E-state index >= 15 is 0 Å². The van der Waals surface area contributed by atoms with Gasteiger partial charge in [-0.3, -0.25) is 10.2 Å². The van der Waals surface area contributed by atoms with Crippen LogP contribution in [0.25, 0.3) is 0 Å². The molecule has 1 saturated heterocycles. The van der Waals surface area contributed by atoms with Crippen molar-refractivity contribution in [3.05, 3.63) is 47.5 Å². The molecule has 1 amide bonds. The van der Waals surface area contributed by atoms with Crippen molar-refractivity contribution in [3.8, 4) is 11.5 Å². The number of amides is 1. The quantitative estimate of drug-likeness (QED) is 0.660. The van der Waals surface area contributed by atoms with Gasteiger partial charge in [-0.05, 0) is 31.5 Å². The molecule has 27 heavy (non-hydrogen) atoms. The Labute approximate surface area is 162 Å². The first-order valence-electron chi connectivity index (χ1n) is 8.60. The third kappa shape index (κ3) is 5.06. The molecule has 1 aromatic heterocycles. The summed E-state index contributed by atoms with van der Waals surface area (Å²) in [7, 11) is 1.58. The molecule has 1 fully saturated rings. The number of hydrazine groups is 1. The zero-order valence-corrected chi connectivity index (χ0v) is 15.9. The lowest BCUT2D eigenvalue weighted by atomic mass is 10.1. The maximum absolute atomic E-state index is 12.4. The molecule has 144 valence electrons. The predicted molar refractivity (Wildman–Crippen MR) is 101 cm³/mol. The minimum Gasteiger partial charge on any atom is -0.497 e. The highest BCUT2D eigenvalue weighted by atomic mass is 35.5. The van der Waals surface area contributed by atoms with E-state index in [9.17, 15) is 4.79 Å². The van der Waals surface area contributed by atoms with Gasteiger partial charge in [0.15, 0.2) is 0 Å². The van der Waals surface area contributed by atoms with Crippen molar-refractivity contribution >= 4 is 17.5 Å². The summed E-state index contributed by atoms with van der Waals surface area (Å²) < 4.78 is 10.9. The van der Waals surface area contributed by atoms with Crippen molar-refractivity contribution < 1.29 is 14.3 Å². The van der Waals surface area contributed by atoms with Crippen LogP contribution in [-0.2, 0) is 4.79 Å². The molecule has 0 radical (unpaired) electrons. The Morgan fingerprint density at radius 2 is 2.26 bits per heavy atom. The topological polar surface area (TPSA) is 97.4 Å². The van der Waals surface area contributed by atoms with Crippen LogP contribution >= 0.6 is 11.6 Å². The van der Waals surface area contributed by atoms with Crippen LogP contribution in [0.15, 0.2) is 36.8 Å². The number of ether oxygens (including phenoxy) is 2. The Morgan fingerprint density at radius 1 is 1.41 bits per heavy atom. The van der Waals surface area contributed by atoms with E-state index in [1.807, 2.05) is 6.92 Å². The molecule has 0 aliphatic carbocycles. The van der Waals surface area contributed by atoms with Crippen LogP contribution in [0.2, 0.25) is 5.02 Å². The van der Waals surface area contributed by atoms with Crippen molar-refractivity contribution in [3.63, 3.8) is 0 Å². The first kappa shape index (κ1) is 19.3. The van der Waals surface area contributed by atoms with E-state index in [1.165, 1.54) is 6.33 Å². The van der Waals surface area contributed by atoms with Crippen molar-refractivity contribution in [2.45, 2.75) is 31.5 Å². The minimum atomic E-state index is -0.353. The first-order chi connectivity index (χ1) is 13.1. The summed E-state index contributed by atoms with van der Waals surface area (Å²) in [6.07, 6.45) is 3.71. The molecule has 0 saturated carbocycles. The summed E-state index contributed by atoms with van der Waals surface area (Å²) in [6, 6.07) is 6.45. The lowest BCUT2D eigenvalue weighted by molar-refractivity contribution is -0.123. The number of halogens is 1. The van der Waals surface area contributed by atoms with E-state index < -0.39 is 0 Å². The van der Waals surface area contributed by atoms with Crippen LogP contribution in [-0.4, -0.2) is 41.7 Å². The molecule has 1 aromatic carbocycles. The Bertz CT molecular complexity index is 777. The zero-order valence-electron chi connectivity index (χ0n) is 15.1. The van der Waals surface area contributed by atoms with Crippen LogP contribution < -0.4 is 25.6 Å². The van der Waals surface area contributed by atoms with Crippen LogP contribution in [0.3, 0.4) is 0 Å². The molecule has 2 aromatic rings. The molecule has 9 heteroatoms. The van der Waals surface area contributed by atoms with Gasteiger partial charge >= 0.3 is 0 Å². The zero-order chi connectivity index (χ0) is 19.2. The minimum absolute atomic E-state index is 0.0201. The van der Waals surface area contributed by atoms with Gasteiger partial charge < -0.3 is 14.8 Å². The number of rotatable bonds is 7. The third-order valence-electron chi connectivity index (χ3n) is 4.28. The largest absolute Gasteiger partial charge is 0.497 e. The predicted octanol–water partition coefficient (Wildman–Crippen LogP) is 1.63. The van der Waals surface area contributed by atoms with Crippen LogP contribution in [0, 0.1) is 0 Å². The molecule has 1 aliphatic heterocycles. The van der Waals surface area contributed by atoms with Crippen LogP contribution in [0.4, 0.5) is 0 Å². The Kier molecular flexibility index (Phi) is 6.44. The summed E-state index contributed by atoms with van der Waals surface area (Å²) in [4.78, 5) is 20.5. The lowest BCUT2D eigenvalue weighted by Gasteiger charge is -2.16. The molecule has 3 rings (SSSR count). The van der Waals surface area contributed by atoms with Crippen molar-refractivity contribution in [1.82, 2.24) is 26.1 Å². The van der Waals surface area contributed by atoms with E-state index in [2.05, 4.69) is 26.1 Å². The highest BCUT2D eigenvalue weighted by Gasteiger charge is 2.30. The van der Waals surface area contributed by atoms with Crippen LogP contribution in [0.5, 0.6) is 11.5 Å². The van der Waals surface area contributed by atoms with Gasteiger partial charge in [0, 0.05) is 12.3 Å². The highest BCUT2D eigenvalue weighted by Crippen LogP contribution is 2.29. The summed E-state index contributed by atoms with van der Waals surface area (Å²) in [6.45, 7) is 2.26. The number of aromatic nitrogens is 2. The number of methoxy groups -OCH3 is 1. The number of carbonyl (C=O) groups is 1. The molecule has 3 N–H and O–H groups in total. The average Bonchev–Trinajstić information content (AvgIpc) is 3.16. The summed E-state index contributed by atoms with van der Waals surface area (Å²) in [5, 5.41) is 3.43. The van der Waals surface area contributed by atoms with E-state index in [0.717, 1.165) is 5.69 Å². The highest BCUT2D eigenvalue weighted by molar-refractivity contribution is 6.32. The number of nitrogens with one attached hydrogen (secondary N) is 3. The van der Waals surface area contributed by atoms with Crippen molar-refractivity contribution in [2.24, 2.45) is 0 Å². The monoisotopic (exact) mass is 391 g/mol. The molecule has 8 nitrogen and oxygen atoms in total. The maximum atomic E-state index is 12.4. The van der Waals surface area contributed by atoms with Gasteiger partial charge in [0.2, 0.25) is 5.91 Å². The van der Waals surface area contributed by atoms with Crippen molar-refractivity contribution in [1.29, 1.82) is 0 Å². The van der Waals surface area contributed by atoms with Crippen molar-refractivity contribution in [2.75, 3.05) is 13.7 Å². The van der Waals surface area contributed by atoms with E-state index in [-0.39, 0.29) is 24.0 Å². The molecule has 0 spiro atoms. The Balaban J connectivity index is 1.47. The smallest absolute Gasteiger partial charge is 0.239 e. The number of nitrogens with zero attached hydrogens (tertiary/aromatic N) is 2. The molecular weight excluding hydrogens is 370 g/mol. The second-order valence-electron chi connectivity index (χ2n) is 6.25. The van der Waals surface area contributed by atoms with Gasteiger partial charge in [0.1, 0.15) is 30.5 Å². The lowest BCUT2D eigenvalue weighted by Crippen LogP contribution is -2.44.